The van der Waals surface area contributed by atoms with Gasteiger partial charge in [0, 0.05) is 22.6 Å². The van der Waals surface area contributed by atoms with Gasteiger partial charge in [-0.1, -0.05) is 71.4 Å². The number of halogens is 1. The molecule has 4 nitrogen and oxygen atoms in total. The molecule has 0 unspecified atom stereocenters. The molecule has 1 heterocycles. The van der Waals surface area contributed by atoms with Crippen LogP contribution in [0.3, 0.4) is 0 Å². The first kappa shape index (κ1) is 17.7. The van der Waals surface area contributed by atoms with Crippen LogP contribution in [0.2, 0.25) is 0 Å². The number of carbonyl (C=O) groups excluding carboxylic acids is 1. The van der Waals surface area contributed by atoms with E-state index in [9.17, 15) is 9.90 Å². The SMILES string of the molecule is C[C@H](CO)[C@@H]1C=Cc2c(Br)cccc2N1C(=O)OCc1ccccc1. The van der Waals surface area contributed by atoms with Gasteiger partial charge in [0.1, 0.15) is 6.61 Å². The molecule has 1 aliphatic rings. The van der Waals surface area contributed by atoms with E-state index < -0.39 is 6.09 Å². The number of amides is 1. The standard InChI is InChI=1S/C20H20BrNO3/c1-14(12-23)18-11-10-16-17(21)8-5-9-19(16)22(18)20(24)25-13-15-6-3-2-4-7-15/h2-11,14,18,23H,12-13H2,1H3/t14-,18+/m1/s1. The number of benzene rings is 2. The number of aliphatic hydroxyl groups excluding tert-OH is 1. The summed E-state index contributed by atoms with van der Waals surface area (Å²) in [5.41, 5.74) is 2.64. The third kappa shape index (κ3) is 3.78. The molecule has 2 atom stereocenters. The molecule has 2 aromatic carbocycles. The van der Waals surface area contributed by atoms with E-state index in [1.807, 2.05) is 67.6 Å². The van der Waals surface area contributed by atoms with Crippen molar-refractivity contribution in [3.05, 3.63) is 70.2 Å². The third-order valence-electron chi connectivity index (χ3n) is 4.32. The Bertz CT molecular complexity index is 776. The Balaban J connectivity index is 1.88. The van der Waals surface area contributed by atoms with Crippen LogP contribution in [-0.2, 0) is 11.3 Å². The summed E-state index contributed by atoms with van der Waals surface area (Å²) in [5.74, 6) is -0.104. The topological polar surface area (TPSA) is 49.8 Å². The van der Waals surface area contributed by atoms with E-state index in [0.29, 0.717) is 0 Å². The van der Waals surface area contributed by atoms with E-state index in [2.05, 4.69) is 15.9 Å². The van der Waals surface area contributed by atoms with Crippen LogP contribution in [0.1, 0.15) is 18.1 Å². The molecule has 0 aromatic heterocycles. The van der Waals surface area contributed by atoms with Crippen LogP contribution in [0, 0.1) is 5.92 Å². The van der Waals surface area contributed by atoms with Gasteiger partial charge in [-0.15, -0.1) is 0 Å². The van der Waals surface area contributed by atoms with Gasteiger partial charge in [0.25, 0.3) is 0 Å². The summed E-state index contributed by atoms with van der Waals surface area (Å²) in [6.07, 6.45) is 3.51. The van der Waals surface area contributed by atoms with Crippen molar-refractivity contribution in [1.29, 1.82) is 0 Å². The molecule has 0 bridgehead atoms. The lowest BCUT2D eigenvalue weighted by molar-refractivity contribution is 0.141. The average molecular weight is 402 g/mol. The van der Waals surface area contributed by atoms with E-state index in [1.165, 1.54) is 0 Å². The Hall–Kier alpha value is -2.11. The van der Waals surface area contributed by atoms with Crippen molar-refractivity contribution in [3.63, 3.8) is 0 Å². The highest BCUT2D eigenvalue weighted by Gasteiger charge is 2.33. The smallest absolute Gasteiger partial charge is 0.415 e. The number of carbonyl (C=O) groups is 1. The molecule has 0 radical (unpaired) electrons. The first-order valence-corrected chi connectivity index (χ1v) is 8.98. The predicted molar refractivity (Wildman–Crippen MR) is 102 cm³/mol. The minimum Gasteiger partial charge on any atom is -0.444 e. The summed E-state index contributed by atoms with van der Waals surface area (Å²) >= 11 is 3.53. The molecule has 1 amide bonds. The van der Waals surface area contributed by atoms with Crippen molar-refractivity contribution in [2.45, 2.75) is 19.6 Å². The number of fused-ring (bicyclic) bond motifs is 1. The summed E-state index contributed by atoms with van der Waals surface area (Å²) in [4.78, 5) is 14.5. The monoisotopic (exact) mass is 401 g/mol. The lowest BCUT2D eigenvalue weighted by Crippen LogP contribution is -2.46. The van der Waals surface area contributed by atoms with Crippen LogP contribution in [0.4, 0.5) is 10.5 Å². The Labute approximate surface area is 155 Å². The zero-order valence-electron chi connectivity index (χ0n) is 13.9. The van der Waals surface area contributed by atoms with Crippen LogP contribution in [0.25, 0.3) is 6.08 Å². The fraction of sp³-hybridized carbons (Fsp3) is 0.250. The van der Waals surface area contributed by atoms with Gasteiger partial charge in [-0.3, -0.25) is 4.90 Å². The molecule has 0 spiro atoms. The number of rotatable bonds is 4. The number of hydrogen-bond acceptors (Lipinski definition) is 3. The van der Waals surface area contributed by atoms with Gasteiger partial charge < -0.3 is 9.84 Å². The van der Waals surface area contributed by atoms with E-state index in [4.69, 9.17) is 4.74 Å². The molecular weight excluding hydrogens is 382 g/mol. The molecule has 3 rings (SSSR count). The Morgan fingerprint density at radius 3 is 2.72 bits per heavy atom. The molecular formula is C20H20BrNO3. The fourth-order valence-corrected chi connectivity index (χ4v) is 3.39. The van der Waals surface area contributed by atoms with Crippen molar-refractivity contribution >= 4 is 33.8 Å². The number of hydrogen-bond donors (Lipinski definition) is 1. The number of nitrogens with zero attached hydrogens (tertiary/aromatic N) is 1. The van der Waals surface area contributed by atoms with E-state index in [1.54, 1.807) is 4.90 Å². The predicted octanol–water partition coefficient (Wildman–Crippen LogP) is 4.62. The second kappa shape index (κ2) is 7.85. The van der Waals surface area contributed by atoms with Gasteiger partial charge in [0.05, 0.1) is 11.7 Å². The third-order valence-corrected chi connectivity index (χ3v) is 5.01. The van der Waals surface area contributed by atoms with Crippen LogP contribution in [-0.4, -0.2) is 23.8 Å². The van der Waals surface area contributed by atoms with E-state index in [0.717, 1.165) is 21.3 Å². The summed E-state index contributed by atoms with van der Waals surface area (Å²) in [6.45, 7) is 2.11. The molecule has 0 saturated heterocycles. The van der Waals surface area contributed by atoms with Gasteiger partial charge in [-0.05, 0) is 17.7 Å². The summed E-state index contributed by atoms with van der Waals surface area (Å²) in [7, 11) is 0. The molecule has 25 heavy (non-hydrogen) atoms. The van der Waals surface area contributed by atoms with Gasteiger partial charge in [-0.25, -0.2) is 4.79 Å². The van der Waals surface area contributed by atoms with Gasteiger partial charge in [-0.2, -0.15) is 0 Å². The highest BCUT2D eigenvalue weighted by atomic mass is 79.9. The molecule has 2 aromatic rings. The molecule has 1 N–H and O–H groups in total. The van der Waals surface area contributed by atoms with E-state index in [-0.39, 0.29) is 25.2 Å². The maximum absolute atomic E-state index is 12.8. The number of ether oxygens (including phenoxy) is 1. The van der Waals surface area contributed by atoms with Crippen molar-refractivity contribution in [2.75, 3.05) is 11.5 Å². The van der Waals surface area contributed by atoms with Crippen molar-refractivity contribution < 1.29 is 14.6 Å². The second-order valence-corrected chi connectivity index (χ2v) is 6.95. The van der Waals surface area contributed by atoms with Crippen LogP contribution in [0.5, 0.6) is 0 Å². The van der Waals surface area contributed by atoms with E-state index >= 15 is 0 Å². The van der Waals surface area contributed by atoms with Crippen LogP contribution < -0.4 is 4.90 Å². The van der Waals surface area contributed by atoms with Crippen molar-refractivity contribution in [2.24, 2.45) is 5.92 Å². The highest BCUT2D eigenvalue weighted by Crippen LogP contribution is 2.36. The van der Waals surface area contributed by atoms with Crippen LogP contribution in [0.15, 0.2) is 59.1 Å². The molecule has 0 saturated carbocycles. The Kier molecular flexibility index (Phi) is 5.56. The lowest BCUT2D eigenvalue weighted by Gasteiger charge is -2.36. The van der Waals surface area contributed by atoms with Gasteiger partial charge >= 0.3 is 6.09 Å². The fourth-order valence-electron chi connectivity index (χ4n) is 2.90. The second-order valence-electron chi connectivity index (χ2n) is 6.09. The summed E-state index contributed by atoms with van der Waals surface area (Å²) in [6, 6.07) is 15.1. The minimum absolute atomic E-state index is 0.0131. The maximum atomic E-state index is 12.8. The largest absolute Gasteiger partial charge is 0.444 e. The Morgan fingerprint density at radius 2 is 2.00 bits per heavy atom. The van der Waals surface area contributed by atoms with Gasteiger partial charge in [0.2, 0.25) is 0 Å². The number of anilines is 1. The zero-order valence-corrected chi connectivity index (χ0v) is 15.5. The van der Waals surface area contributed by atoms with Gasteiger partial charge in [0.15, 0.2) is 0 Å². The quantitative estimate of drug-likeness (QED) is 0.812. The normalized spacial score (nSPS) is 17.1. The first-order valence-electron chi connectivity index (χ1n) is 8.19. The molecule has 0 fully saturated rings. The number of aliphatic hydroxyl groups is 1. The summed E-state index contributed by atoms with van der Waals surface area (Å²) < 4.78 is 6.46. The van der Waals surface area contributed by atoms with Crippen molar-refractivity contribution in [3.8, 4) is 0 Å². The first-order chi connectivity index (χ1) is 12.1. The van der Waals surface area contributed by atoms with Crippen LogP contribution >= 0.6 is 15.9 Å². The summed E-state index contributed by atoms with van der Waals surface area (Å²) in [5, 5.41) is 9.58. The Morgan fingerprint density at radius 1 is 1.24 bits per heavy atom. The highest BCUT2D eigenvalue weighted by molar-refractivity contribution is 9.10. The van der Waals surface area contributed by atoms with Crippen molar-refractivity contribution in [1.82, 2.24) is 0 Å². The molecule has 0 aliphatic carbocycles. The molecule has 5 heteroatoms. The average Bonchev–Trinajstić information content (AvgIpc) is 2.65. The lowest BCUT2D eigenvalue weighted by atomic mass is 9.95. The molecule has 130 valence electrons. The minimum atomic E-state index is -0.419. The zero-order chi connectivity index (χ0) is 17.8. The molecule has 1 aliphatic heterocycles. The maximum Gasteiger partial charge on any atom is 0.415 e.